The van der Waals surface area contributed by atoms with Gasteiger partial charge in [0.05, 0.1) is 16.3 Å². The number of para-hydroxylation sites is 1. The summed E-state index contributed by atoms with van der Waals surface area (Å²) in [7, 11) is -1.92. The van der Waals surface area contributed by atoms with Crippen LogP contribution in [0.15, 0.2) is 59.5 Å². The second-order valence-corrected chi connectivity index (χ2v) is 10.0. The Kier molecular flexibility index (Phi) is 6.38. The van der Waals surface area contributed by atoms with Gasteiger partial charge >= 0.3 is 0 Å². The van der Waals surface area contributed by atoms with Crippen molar-refractivity contribution in [1.29, 1.82) is 0 Å². The van der Waals surface area contributed by atoms with E-state index in [9.17, 15) is 13.2 Å². The quantitative estimate of drug-likeness (QED) is 0.613. The lowest BCUT2D eigenvalue weighted by atomic mass is 9.96. The third kappa shape index (κ3) is 4.58. The van der Waals surface area contributed by atoms with Gasteiger partial charge in [0.15, 0.2) is 5.69 Å². The molecule has 1 amide bonds. The molecule has 1 aromatic heterocycles. The highest BCUT2D eigenvalue weighted by Gasteiger charge is 2.29. The number of benzene rings is 2. The predicted molar refractivity (Wildman–Crippen MR) is 122 cm³/mol. The third-order valence-corrected chi connectivity index (χ3v) is 7.79. The molecule has 1 fully saturated rings. The molecule has 32 heavy (non-hydrogen) atoms. The topological polar surface area (TPSA) is 97.2 Å². The lowest BCUT2D eigenvalue weighted by Gasteiger charge is -2.30. The van der Waals surface area contributed by atoms with Gasteiger partial charge in [0.1, 0.15) is 0 Å². The molecule has 8 nitrogen and oxygen atoms in total. The van der Waals surface area contributed by atoms with Gasteiger partial charge in [-0.3, -0.25) is 4.79 Å². The molecule has 1 saturated carbocycles. The summed E-state index contributed by atoms with van der Waals surface area (Å²) in [5.74, 6) is -0.403. The summed E-state index contributed by atoms with van der Waals surface area (Å²) in [5, 5.41) is 11.4. The summed E-state index contributed by atoms with van der Waals surface area (Å²) in [6.45, 7) is 1.72. The number of rotatable bonds is 6. The Labute approximate surface area is 188 Å². The third-order valence-electron chi connectivity index (χ3n) is 5.86. The zero-order valence-corrected chi connectivity index (χ0v) is 19.0. The molecule has 0 radical (unpaired) electrons. The number of aryl methyl sites for hydroxylation is 1. The maximum absolute atomic E-state index is 13.0. The average molecular weight is 454 g/mol. The van der Waals surface area contributed by atoms with Gasteiger partial charge in [-0.05, 0) is 56.2 Å². The lowest BCUT2D eigenvalue weighted by Crippen LogP contribution is -2.38. The Balaban J connectivity index is 1.47. The van der Waals surface area contributed by atoms with Crippen LogP contribution in [0, 0.1) is 6.92 Å². The monoisotopic (exact) mass is 453 g/mol. The van der Waals surface area contributed by atoms with Gasteiger partial charge in [-0.1, -0.05) is 37.5 Å². The highest BCUT2D eigenvalue weighted by atomic mass is 32.2. The highest BCUT2D eigenvalue weighted by molar-refractivity contribution is 7.89. The number of anilines is 1. The maximum atomic E-state index is 13.0. The maximum Gasteiger partial charge on any atom is 0.278 e. The van der Waals surface area contributed by atoms with Crippen LogP contribution in [0.1, 0.15) is 48.3 Å². The van der Waals surface area contributed by atoms with Crippen LogP contribution in [0.4, 0.5) is 5.69 Å². The number of sulfonamides is 1. The molecular weight excluding hydrogens is 426 g/mol. The van der Waals surface area contributed by atoms with Crippen molar-refractivity contribution in [3.05, 3.63) is 66.0 Å². The van der Waals surface area contributed by atoms with E-state index in [2.05, 4.69) is 15.5 Å². The fraction of sp³-hybridized carbons (Fsp3) is 0.348. The minimum atomic E-state index is -3.58. The van der Waals surface area contributed by atoms with Crippen LogP contribution in [0.2, 0.25) is 0 Å². The van der Waals surface area contributed by atoms with Gasteiger partial charge < -0.3 is 5.32 Å². The van der Waals surface area contributed by atoms with Crippen LogP contribution in [0.3, 0.4) is 0 Å². The number of aromatic nitrogens is 3. The van der Waals surface area contributed by atoms with Crippen LogP contribution >= 0.6 is 0 Å². The molecule has 0 atom stereocenters. The number of carbonyl (C=O) groups is 1. The largest absolute Gasteiger partial charge is 0.321 e. The van der Waals surface area contributed by atoms with Gasteiger partial charge in [0, 0.05) is 18.8 Å². The standard InChI is InChI=1S/C23H27N5O3S/c1-17-22(26-28(25-17)20-11-7-4-8-12-20)23(29)24-18-13-15-21(16-14-18)32(30,31)27(2)19-9-5-3-6-10-19/h4,7-8,11-16,19H,3,5-6,9-10H2,1-2H3,(H,24,29). The van der Waals surface area contributed by atoms with Crippen LogP contribution in [-0.4, -0.2) is 46.7 Å². The zero-order valence-electron chi connectivity index (χ0n) is 18.2. The van der Waals surface area contributed by atoms with Crippen molar-refractivity contribution < 1.29 is 13.2 Å². The smallest absolute Gasteiger partial charge is 0.278 e. The average Bonchev–Trinajstić information content (AvgIpc) is 3.22. The van der Waals surface area contributed by atoms with Crippen molar-refractivity contribution in [3.8, 4) is 5.69 Å². The van der Waals surface area contributed by atoms with E-state index >= 15 is 0 Å². The van der Waals surface area contributed by atoms with Crippen molar-refractivity contribution >= 4 is 21.6 Å². The molecule has 2 aromatic carbocycles. The SMILES string of the molecule is Cc1nn(-c2ccccc2)nc1C(=O)Nc1ccc(S(=O)(=O)N(C)C2CCCCC2)cc1. The van der Waals surface area contributed by atoms with Crippen molar-refractivity contribution in [2.45, 2.75) is 50.0 Å². The van der Waals surface area contributed by atoms with E-state index in [1.54, 1.807) is 26.1 Å². The lowest BCUT2D eigenvalue weighted by molar-refractivity contribution is 0.102. The highest BCUT2D eigenvalue weighted by Crippen LogP contribution is 2.27. The summed E-state index contributed by atoms with van der Waals surface area (Å²) in [6, 6.07) is 15.6. The molecule has 0 bridgehead atoms. The zero-order chi connectivity index (χ0) is 22.7. The fourth-order valence-electron chi connectivity index (χ4n) is 3.97. The molecule has 4 rings (SSSR count). The van der Waals surface area contributed by atoms with Crippen LogP contribution in [0.5, 0.6) is 0 Å². The molecule has 0 saturated heterocycles. The molecule has 9 heteroatoms. The molecule has 1 heterocycles. The summed E-state index contributed by atoms with van der Waals surface area (Å²) in [6.07, 6.45) is 5.07. The van der Waals surface area contributed by atoms with E-state index < -0.39 is 15.9 Å². The minimum Gasteiger partial charge on any atom is -0.321 e. The van der Waals surface area contributed by atoms with E-state index in [0.717, 1.165) is 37.8 Å². The molecule has 0 aliphatic heterocycles. The van der Waals surface area contributed by atoms with Crippen molar-refractivity contribution in [3.63, 3.8) is 0 Å². The van der Waals surface area contributed by atoms with Gasteiger partial charge in [0.2, 0.25) is 10.0 Å². The Morgan fingerprint density at radius 1 is 1.00 bits per heavy atom. The van der Waals surface area contributed by atoms with E-state index in [1.165, 1.54) is 21.2 Å². The molecule has 1 aliphatic rings. The predicted octanol–water partition coefficient (Wildman–Crippen LogP) is 3.78. The van der Waals surface area contributed by atoms with Gasteiger partial charge in [-0.2, -0.15) is 14.2 Å². The van der Waals surface area contributed by atoms with Gasteiger partial charge in [-0.25, -0.2) is 8.42 Å². The molecule has 0 spiro atoms. The second-order valence-electron chi connectivity index (χ2n) is 8.05. The summed E-state index contributed by atoms with van der Waals surface area (Å²) in [4.78, 5) is 14.4. The first-order valence-corrected chi connectivity index (χ1v) is 12.2. The Morgan fingerprint density at radius 3 is 2.31 bits per heavy atom. The van der Waals surface area contributed by atoms with E-state index in [0.29, 0.717) is 11.4 Å². The van der Waals surface area contributed by atoms with Gasteiger partial charge in [-0.15, -0.1) is 5.10 Å². The van der Waals surface area contributed by atoms with Crippen molar-refractivity contribution in [2.75, 3.05) is 12.4 Å². The second kappa shape index (κ2) is 9.22. The Morgan fingerprint density at radius 2 is 1.66 bits per heavy atom. The van der Waals surface area contributed by atoms with Crippen molar-refractivity contribution in [1.82, 2.24) is 19.3 Å². The van der Waals surface area contributed by atoms with Crippen molar-refractivity contribution in [2.24, 2.45) is 0 Å². The van der Waals surface area contributed by atoms with E-state index in [1.807, 2.05) is 30.3 Å². The number of carbonyl (C=O) groups excluding carboxylic acids is 1. The Hall–Kier alpha value is -3.04. The molecule has 1 aliphatic carbocycles. The number of hydrogen-bond acceptors (Lipinski definition) is 5. The molecule has 3 aromatic rings. The van der Waals surface area contributed by atoms with Crippen LogP contribution < -0.4 is 5.32 Å². The fourth-order valence-corrected chi connectivity index (χ4v) is 5.39. The number of hydrogen-bond donors (Lipinski definition) is 1. The molecule has 0 unspecified atom stereocenters. The van der Waals surface area contributed by atoms with Crippen LogP contribution in [0.25, 0.3) is 5.69 Å². The summed E-state index contributed by atoms with van der Waals surface area (Å²) >= 11 is 0. The minimum absolute atomic E-state index is 0.0448. The molecular formula is C23H27N5O3S. The Bertz CT molecular complexity index is 1180. The first-order chi connectivity index (χ1) is 15.4. The molecule has 1 N–H and O–H groups in total. The van der Waals surface area contributed by atoms with Crippen LogP contribution in [-0.2, 0) is 10.0 Å². The van der Waals surface area contributed by atoms with E-state index in [4.69, 9.17) is 0 Å². The van der Waals surface area contributed by atoms with Gasteiger partial charge in [0.25, 0.3) is 5.91 Å². The summed E-state index contributed by atoms with van der Waals surface area (Å²) in [5.41, 5.74) is 1.96. The first-order valence-electron chi connectivity index (χ1n) is 10.7. The van der Waals surface area contributed by atoms with E-state index in [-0.39, 0.29) is 16.6 Å². The molecule has 168 valence electrons. The normalized spacial score (nSPS) is 15.1. The first kappa shape index (κ1) is 22.2. The number of nitrogens with zero attached hydrogens (tertiary/aromatic N) is 4. The number of amides is 1. The number of nitrogens with one attached hydrogen (secondary N) is 1. The summed E-state index contributed by atoms with van der Waals surface area (Å²) < 4.78 is 27.5.